The number of esters is 4. The number of carbonyl (C=O) groups excluding carboxylic acids is 4. The van der Waals surface area contributed by atoms with Crippen LogP contribution in [0.3, 0.4) is 0 Å². The molecule has 1 heterocycles. The smallest absolute Gasteiger partial charge is 0.338 e. The maximum absolute atomic E-state index is 13.5. The fourth-order valence-corrected chi connectivity index (χ4v) is 6.96. The Balaban J connectivity index is 1.95. The van der Waals surface area contributed by atoms with Gasteiger partial charge in [0.05, 0.1) is 16.8 Å². The zero-order valence-corrected chi connectivity index (χ0v) is 22.3. The molecule has 0 aromatic heterocycles. The molecule has 1 aliphatic heterocycles. The summed E-state index contributed by atoms with van der Waals surface area (Å²) in [6.45, 7) is 9.55. The number of rotatable bonds is 6. The Kier molecular flexibility index (Phi) is 7.14. The minimum absolute atomic E-state index is 0.0599. The van der Waals surface area contributed by atoms with E-state index in [0.717, 1.165) is 0 Å². The maximum atomic E-state index is 13.5. The monoisotopic (exact) mass is 516 g/mol. The third-order valence-electron chi connectivity index (χ3n) is 8.45. The highest BCUT2D eigenvalue weighted by Crippen LogP contribution is 2.67. The number of hydrogen-bond donors (Lipinski definition) is 0. The van der Waals surface area contributed by atoms with E-state index in [1.165, 1.54) is 20.8 Å². The average molecular weight is 517 g/mol. The van der Waals surface area contributed by atoms with Crippen LogP contribution in [0.15, 0.2) is 30.3 Å². The van der Waals surface area contributed by atoms with E-state index >= 15 is 0 Å². The van der Waals surface area contributed by atoms with Crippen molar-refractivity contribution in [2.24, 2.45) is 17.3 Å². The minimum atomic E-state index is -1.32. The quantitative estimate of drug-likeness (QED) is 0.413. The van der Waals surface area contributed by atoms with Gasteiger partial charge in [-0.05, 0) is 51.2 Å². The molecule has 0 unspecified atom stereocenters. The molecule has 1 spiro atoms. The summed E-state index contributed by atoms with van der Waals surface area (Å²) in [7, 11) is 0. The molecule has 7 atom stereocenters. The van der Waals surface area contributed by atoms with Gasteiger partial charge in [-0.3, -0.25) is 14.4 Å². The van der Waals surface area contributed by atoms with Gasteiger partial charge in [-0.25, -0.2) is 4.79 Å². The largest absolute Gasteiger partial charge is 0.465 e. The molecule has 0 N–H and O–H groups in total. The van der Waals surface area contributed by atoms with Crippen LogP contribution in [-0.2, 0) is 38.1 Å². The summed E-state index contributed by atoms with van der Waals surface area (Å²) in [5, 5.41) is 0. The van der Waals surface area contributed by atoms with Gasteiger partial charge in [0, 0.05) is 26.7 Å². The summed E-state index contributed by atoms with van der Waals surface area (Å²) in [6.07, 6.45) is -1.28. The maximum Gasteiger partial charge on any atom is 0.338 e. The zero-order chi connectivity index (χ0) is 27.2. The lowest BCUT2D eigenvalue weighted by Gasteiger charge is -2.61. The van der Waals surface area contributed by atoms with Gasteiger partial charge in [0.2, 0.25) is 0 Å². The van der Waals surface area contributed by atoms with Crippen LogP contribution in [0, 0.1) is 17.3 Å². The van der Waals surface area contributed by atoms with Crippen molar-refractivity contribution in [3.8, 4) is 0 Å². The summed E-state index contributed by atoms with van der Waals surface area (Å²) in [6, 6.07) is 8.48. The van der Waals surface area contributed by atoms with Gasteiger partial charge in [0.1, 0.15) is 24.2 Å². The van der Waals surface area contributed by atoms with Crippen molar-refractivity contribution in [3.05, 3.63) is 35.9 Å². The van der Waals surface area contributed by atoms with E-state index in [9.17, 15) is 19.2 Å². The van der Waals surface area contributed by atoms with Crippen molar-refractivity contribution >= 4 is 23.9 Å². The molecule has 3 aliphatic rings. The van der Waals surface area contributed by atoms with Crippen molar-refractivity contribution in [1.82, 2.24) is 0 Å². The molecular weight excluding hydrogens is 480 g/mol. The summed E-state index contributed by atoms with van der Waals surface area (Å²) in [5.74, 6) is -2.62. The van der Waals surface area contributed by atoms with Gasteiger partial charge in [-0.15, -0.1) is 0 Å². The van der Waals surface area contributed by atoms with E-state index in [1.54, 1.807) is 30.3 Å². The predicted molar refractivity (Wildman–Crippen MR) is 130 cm³/mol. The average Bonchev–Trinajstić information content (AvgIpc) is 3.08. The van der Waals surface area contributed by atoms with E-state index in [-0.39, 0.29) is 18.4 Å². The van der Waals surface area contributed by atoms with Gasteiger partial charge in [-0.1, -0.05) is 25.1 Å². The van der Waals surface area contributed by atoms with E-state index in [1.807, 2.05) is 20.8 Å². The Morgan fingerprint density at radius 1 is 0.919 bits per heavy atom. The van der Waals surface area contributed by atoms with Crippen molar-refractivity contribution in [3.63, 3.8) is 0 Å². The minimum Gasteiger partial charge on any atom is -0.465 e. The van der Waals surface area contributed by atoms with Gasteiger partial charge in [0.15, 0.2) is 6.10 Å². The first-order valence-electron chi connectivity index (χ1n) is 12.8. The first-order valence-corrected chi connectivity index (χ1v) is 12.8. The molecule has 0 amide bonds. The normalized spacial score (nSPS) is 35.6. The Morgan fingerprint density at radius 2 is 1.57 bits per heavy atom. The Labute approximate surface area is 217 Å². The first-order chi connectivity index (χ1) is 17.3. The molecule has 0 radical (unpaired) electrons. The molecule has 202 valence electrons. The molecule has 1 saturated heterocycles. The second kappa shape index (κ2) is 9.74. The third kappa shape index (κ3) is 4.51. The summed E-state index contributed by atoms with van der Waals surface area (Å²) < 4.78 is 30.6. The van der Waals surface area contributed by atoms with Crippen LogP contribution in [0.25, 0.3) is 0 Å². The van der Waals surface area contributed by atoms with Crippen molar-refractivity contribution in [2.45, 2.75) is 90.3 Å². The molecule has 1 aromatic carbocycles. The highest BCUT2D eigenvalue weighted by atomic mass is 16.6. The molecule has 2 aliphatic carbocycles. The number of hydrogen-bond acceptors (Lipinski definition) is 9. The van der Waals surface area contributed by atoms with Crippen LogP contribution in [0.1, 0.15) is 71.2 Å². The molecule has 2 saturated carbocycles. The standard InChI is InChI=1S/C28H36O9/c1-16-12-13-22(34-18(3)30)27(15-33-17(2)29)24(36-25(32)20-10-8-7-9-11-20)23(35-19(4)31)21-14-28(16,27)37-26(21,5)6/h7-11,16,21-24H,12-15H2,1-6H3/t16-,21+,22-,23-,24-,27-,28+/m1/s1. The molecule has 1 aromatic rings. The Bertz CT molecular complexity index is 1070. The van der Waals surface area contributed by atoms with Crippen molar-refractivity contribution < 1.29 is 42.9 Å². The number of benzene rings is 1. The molecule has 9 heteroatoms. The number of carbonyl (C=O) groups is 4. The van der Waals surface area contributed by atoms with Crippen molar-refractivity contribution in [2.75, 3.05) is 6.61 Å². The lowest BCUT2D eigenvalue weighted by atomic mass is 9.49. The lowest BCUT2D eigenvalue weighted by Crippen LogP contribution is -2.74. The SMILES string of the molecule is CC(=O)OC[C@@]12[C@H](OC(=O)c3ccccc3)[C@H](OC(C)=O)[C@@H]3C[C@]1(OC3(C)C)[C@H](C)CC[C@H]2OC(C)=O. The Morgan fingerprint density at radius 3 is 2.16 bits per heavy atom. The van der Waals surface area contributed by atoms with Crippen LogP contribution in [-0.4, -0.2) is 60.0 Å². The highest BCUT2D eigenvalue weighted by molar-refractivity contribution is 5.89. The highest BCUT2D eigenvalue weighted by Gasteiger charge is 2.79. The van der Waals surface area contributed by atoms with Crippen LogP contribution in [0.5, 0.6) is 0 Å². The van der Waals surface area contributed by atoms with Crippen LogP contribution >= 0.6 is 0 Å². The van der Waals surface area contributed by atoms with E-state index in [0.29, 0.717) is 24.8 Å². The van der Waals surface area contributed by atoms with Crippen LogP contribution in [0.2, 0.25) is 0 Å². The lowest BCUT2D eigenvalue weighted by molar-refractivity contribution is -0.288. The Hall–Kier alpha value is -2.94. The van der Waals surface area contributed by atoms with Gasteiger partial charge >= 0.3 is 23.9 Å². The molecular formula is C28H36O9. The fourth-order valence-electron chi connectivity index (χ4n) is 6.96. The molecule has 2 bridgehead atoms. The number of fused-ring (bicyclic) bond motifs is 1. The molecule has 3 fully saturated rings. The first kappa shape index (κ1) is 27.1. The predicted octanol–water partition coefficient (Wildman–Crippen LogP) is 3.62. The zero-order valence-electron chi connectivity index (χ0n) is 22.3. The number of ether oxygens (including phenoxy) is 5. The fraction of sp³-hybridized carbons (Fsp3) is 0.643. The van der Waals surface area contributed by atoms with E-state index in [4.69, 9.17) is 23.7 Å². The van der Waals surface area contributed by atoms with Crippen molar-refractivity contribution in [1.29, 1.82) is 0 Å². The topological polar surface area (TPSA) is 114 Å². The summed E-state index contributed by atoms with van der Waals surface area (Å²) in [4.78, 5) is 50.3. The van der Waals surface area contributed by atoms with Gasteiger partial charge in [0.25, 0.3) is 0 Å². The molecule has 37 heavy (non-hydrogen) atoms. The second-order valence-electron chi connectivity index (χ2n) is 11.1. The molecule has 4 rings (SSSR count). The second-order valence-corrected chi connectivity index (χ2v) is 11.1. The van der Waals surface area contributed by atoms with Gasteiger partial charge < -0.3 is 23.7 Å². The van der Waals surface area contributed by atoms with Crippen LogP contribution < -0.4 is 0 Å². The van der Waals surface area contributed by atoms with E-state index < -0.39 is 58.8 Å². The third-order valence-corrected chi connectivity index (χ3v) is 8.45. The summed E-state index contributed by atoms with van der Waals surface area (Å²) in [5.41, 5.74) is -2.77. The van der Waals surface area contributed by atoms with Crippen LogP contribution in [0.4, 0.5) is 0 Å². The molecule has 9 nitrogen and oxygen atoms in total. The summed E-state index contributed by atoms with van der Waals surface area (Å²) >= 11 is 0. The van der Waals surface area contributed by atoms with E-state index in [2.05, 4.69) is 0 Å². The van der Waals surface area contributed by atoms with Gasteiger partial charge in [-0.2, -0.15) is 0 Å².